The van der Waals surface area contributed by atoms with Crippen LogP contribution in [-0.4, -0.2) is 26.7 Å². The van der Waals surface area contributed by atoms with Crippen molar-refractivity contribution in [2.75, 3.05) is 5.23 Å². The summed E-state index contributed by atoms with van der Waals surface area (Å²) in [5.74, 6) is 0. The normalized spacial score (nSPS) is 23.6. The van der Waals surface area contributed by atoms with Gasteiger partial charge in [-0.2, -0.15) is 0 Å². The van der Waals surface area contributed by atoms with E-state index in [0.29, 0.717) is 0 Å². The molecule has 5 nitrogen and oxygen atoms in total. The number of nitrogens with zero attached hydrogens (tertiary/aromatic N) is 3. The van der Waals surface area contributed by atoms with Gasteiger partial charge in [-0.3, -0.25) is 4.99 Å². The van der Waals surface area contributed by atoms with Crippen molar-refractivity contribution in [3.8, 4) is 0 Å². The number of fused-ring (bicyclic) bond motifs is 8. The highest BCUT2D eigenvalue weighted by atomic mass is 32.2. The van der Waals surface area contributed by atoms with Gasteiger partial charge in [-0.15, -0.1) is 5.23 Å². The number of para-hydroxylation sites is 1. The monoisotopic (exact) mass is 505 g/mol. The molecule has 1 fully saturated rings. The van der Waals surface area contributed by atoms with Crippen LogP contribution in [0.2, 0.25) is 0 Å². The van der Waals surface area contributed by atoms with E-state index in [-0.39, 0.29) is 11.3 Å². The molecule has 3 aliphatic rings. The van der Waals surface area contributed by atoms with E-state index in [1.165, 1.54) is 43.7 Å². The molecule has 0 bridgehead atoms. The van der Waals surface area contributed by atoms with Gasteiger partial charge in [-0.25, -0.2) is 9.68 Å². The topological polar surface area (TPSA) is 38.5 Å². The summed E-state index contributed by atoms with van der Waals surface area (Å²) < 4.78 is 2.44. The van der Waals surface area contributed by atoms with Crippen LogP contribution in [0.1, 0.15) is 44.1 Å². The molecule has 8 rings (SSSR count). The van der Waals surface area contributed by atoms with Crippen LogP contribution in [0, 0.1) is 0 Å². The fraction of sp³-hybridized carbons (Fsp3) is 0.258. The molecule has 6 heteroatoms. The molecule has 37 heavy (non-hydrogen) atoms. The molecule has 0 amide bonds. The Labute approximate surface area is 219 Å². The Morgan fingerprint density at radius 2 is 1.51 bits per heavy atom. The summed E-state index contributed by atoms with van der Waals surface area (Å²) in [6.45, 7) is 8.27. The average Bonchev–Trinajstić information content (AvgIpc) is 3.60. The zero-order chi connectivity index (χ0) is 25.1. The SMILES string of the molecule is CC1(C)ON(c2ccc3c(c2)c2c4c(c5ccccc5n43)=CC3N=C(c4ccccc4)SC23)OC1(C)C. The molecule has 1 aliphatic carbocycles. The molecule has 2 aliphatic heterocycles. The standard InChI is InChI=1S/C31H27N3O2S/c1-30(2)31(3,4)36-34(35-30)19-14-15-25-22(16-19)26-27-21(20-12-8-9-13-24(20)33(25)27)17-23-28(26)37-29(32-23)18-10-6-5-7-11-18/h5-17,23,28H,1-4H3. The fourth-order valence-corrected chi connectivity index (χ4v) is 7.17. The highest BCUT2D eigenvalue weighted by Crippen LogP contribution is 2.50. The lowest BCUT2D eigenvalue weighted by Gasteiger charge is -2.26. The van der Waals surface area contributed by atoms with Gasteiger partial charge >= 0.3 is 0 Å². The first-order valence-corrected chi connectivity index (χ1v) is 13.7. The third-order valence-electron chi connectivity index (χ3n) is 8.42. The molecule has 2 unspecified atom stereocenters. The fourth-order valence-electron chi connectivity index (χ4n) is 5.84. The maximum Gasteiger partial charge on any atom is 0.124 e. The number of aliphatic imine (C=N–C) groups is 1. The lowest BCUT2D eigenvalue weighted by Crippen LogP contribution is -2.41. The van der Waals surface area contributed by atoms with Gasteiger partial charge < -0.3 is 4.40 Å². The number of hydrogen-bond acceptors (Lipinski definition) is 5. The van der Waals surface area contributed by atoms with Crippen molar-refractivity contribution in [1.82, 2.24) is 4.40 Å². The lowest BCUT2D eigenvalue weighted by molar-refractivity contribution is -0.0272. The first-order chi connectivity index (χ1) is 17.8. The number of aromatic nitrogens is 1. The van der Waals surface area contributed by atoms with Crippen LogP contribution < -0.4 is 10.4 Å². The highest BCUT2D eigenvalue weighted by Gasteiger charge is 2.50. The predicted molar refractivity (Wildman–Crippen MR) is 152 cm³/mol. The van der Waals surface area contributed by atoms with E-state index in [1.54, 1.807) is 5.23 Å². The van der Waals surface area contributed by atoms with Crippen LogP contribution in [0.15, 0.2) is 77.8 Å². The molecule has 184 valence electrons. The van der Waals surface area contributed by atoms with Gasteiger partial charge in [0.1, 0.15) is 11.2 Å². The van der Waals surface area contributed by atoms with Gasteiger partial charge in [0.15, 0.2) is 0 Å². The van der Waals surface area contributed by atoms with Crippen molar-refractivity contribution in [3.63, 3.8) is 0 Å². The van der Waals surface area contributed by atoms with Crippen LogP contribution in [-0.2, 0) is 9.68 Å². The van der Waals surface area contributed by atoms with Crippen molar-refractivity contribution >= 4 is 55.9 Å². The van der Waals surface area contributed by atoms with Crippen LogP contribution >= 0.6 is 11.8 Å². The van der Waals surface area contributed by atoms with Crippen LogP contribution in [0.25, 0.3) is 33.4 Å². The van der Waals surface area contributed by atoms with E-state index in [1.807, 2.05) is 11.8 Å². The molecule has 2 aromatic heterocycles. The molecule has 5 aromatic rings. The smallest absolute Gasteiger partial charge is 0.124 e. The largest absolute Gasteiger partial charge is 0.308 e. The zero-order valence-electron chi connectivity index (χ0n) is 21.2. The Kier molecular flexibility index (Phi) is 4.21. The first kappa shape index (κ1) is 21.7. The number of rotatable bonds is 2. The van der Waals surface area contributed by atoms with Gasteiger partial charge in [-0.1, -0.05) is 60.3 Å². The Morgan fingerprint density at radius 1 is 0.811 bits per heavy atom. The van der Waals surface area contributed by atoms with Gasteiger partial charge in [0.2, 0.25) is 0 Å². The number of thioether (sulfide) groups is 1. The lowest BCUT2D eigenvalue weighted by atomic mass is 9.90. The molecular formula is C31H27N3O2S. The summed E-state index contributed by atoms with van der Waals surface area (Å²) >= 11 is 1.88. The minimum atomic E-state index is -0.446. The van der Waals surface area contributed by atoms with Crippen LogP contribution in [0.3, 0.4) is 0 Å². The van der Waals surface area contributed by atoms with E-state index >= 15 is 0 Å². The molecule has 2 atom stereocenters. The molecule has 1 saturated heterocycles. The summed E-state index contributed by atoms with van der Waals surface area (Å²) in [5.41, 5.74) is 6.29. The minimum Gasteiger partial charge on any atom is -0.308 e. The third-order valence-corrected chi connectivity index (χ3v) is 9.75. The summed E-state index contributed by atoms with van der Waals surface area (Å²) in [6, 6.07) is 25.9. The maximum atomic E-state index is 6.27. The van der Waals surface area contributed by atoms with E-state index in [2.05, 4.69) is 111 Å². The maximum absolute atomic E-state index is 6.27. The second-order valence-electron chi connectivity index (χ2n) is 11.2. The van der Waals surface area contributed by atoms with Crippen LogP contribution in [0.5, 0.6) is 0 Å². The van der Waals surface area contributed by atoms with Gasteiger partial charge in [0, 0.05) is 27.1 Å². The average molecular weight is 506 g/mol. The summed E-state index contributed by atoms with van der Waals surface area (Å²) in [6.07, 6.45) is 2.38. The predicted octanol–water partition coefficient (Wildman–Crippen LogP) is 6.60. The van der Waals surface area contributed by atoms with Gasteiger partial charge in [0.05, 0.1) is 38.6 Å². The van der Waals surface area contributed by atoms with Crippen molar-refractivity contribution < 1.29 is 9.68 Å². The molecule has 0 spiro atoms. The van der Waals surface area contributed by atoms with Gasteiger partial charge in [-0.05, 0) is 58.0 Å². The van der Waals surface area contributed by atoms with Crippen molar-refractivity contribution in [2.45, 2.75) is 50.2 Å². The molecule has 0 saturated carbocycles. The molecule has 0 N–H and O–H groups in total. The Hall–Kier alpha value is -3.32. The van der Waals surface area contributed by atoms with Gasteiger partial charge in [0.25, 0.3) is 0 Å². The molecular weight excluding hydrogens is 478 g/mol. The summed E-state index contributed by atoms with van der Waals surface area (Å²) in [7, 11) is 0. The van der Waals surface area contributed by atoms with Crippen molar-refractivity contribution in [1.29, 1.82) is 0 Å². The Balaban J connectivity index is 1.37. The third kappa shape index (κ3) is 2.86. The Bertz CT molecular complexity index is 1820. The summed E-state index contributed by atoms with van der Waals surface area (Å²) in [5, 5.41) is 6.74. The number of benzene rings is 3. The van der Waals surface area contributed by atoms with E-state index in [4.69, 9.17) is 14.7 Å². The Morgan fingerprint density at radius 3 is 2.30 bits per heavy atom. The minimum absolute atomic E-state index is 0.0914. The summed E-state index contributed by atoms with van der Waals surface area (Å²) in [4.78, 5) is 17.8. The van der Waals surface area contributed by atoms with E-state index in [0.717, 1.165) is 10.7 Å². The van der Waals surface area contributed by atoms with Crippen LogP contribution in [0.4, 0.5) is 5.69 Å². The molecule has 3 aromatic carbocycles. The van der Waals surface area contributed by atoms with Crippen molar-refractivity contribution in [2.24, 2.45) is 4.99 Å². The second kappa shape index (κ2) is 7.16. The molecule has 4 heterocycles. The highest BCUT2D eigenvalue weighted by molar-refractivity contribution is 8.15. The van der Waals surface area contributed by atoms with E-state index < -0.39 is 11.2 Å². The van der Waals surface area contributed by atoms with E-state index in [9.17, 15) is 0 Å². The molecule has 0 radical (unpaired) electrons. The number of anilines is 1. The zero-order valence-corrected chi connectivity index (χ0v) is 22.0. The first-order valence-electron chi connectivity index (χ1n) is 12.8. The second-order valence-corrected chi connectivity index (χ2v) is 12.3. The number of hydrogen-bond donors (Lipinski definition) is 0. The van der Waals surface area contributed by atoms with Crippen molar-refractivity contribution in [3.05, 3.63) is 89.1 Å². The quantitative estimate of drug-likeness (QED) is 0.271.